The predicted octanol–water partition coefficient (Wildman–Crippen LogP) is 3.45. The fourth-order valence-electron chi connectivity index (χ4n) is 2.79. The lowest BCUT2D eigenvalue weighted by atomic mass is 9.91. The molecule has 1 aromatic carbocycles. The van der Waals surface area contributed by atoms with E-state index in [2.05, 4.69) is 10.6 Å². The first-order valence-electron chi connectivity index (χ1n) is 7.73. The Hall–Kier alpha value is -1.62. The third kappa shape index (κ3) is 4.70. The van der Waals surface area contributed by atoms with Crippen LogP contribution in [0.4, 0.5) is 9.18 Å². The molecule has 0 aromatic heterocycles. The molecule has 4 nitrogen and oxygen atoms in total. The molecule has 1 fully saturated rings. The number of hydrogen-bond acceptors (Lipinski definition) is 3. The van der Waals surface area contributed by atoms with E-state index < -0.39 is 5.60 Å². The van der Waals surface area contributed by atoms with E-state index in [9.17, 15) is 9.18 Å². The number of aryl methyl sites for hydroxylation is 1. The van der Waals surface area contributed by atoms with Gasteiger partial charge in [-0.25, -0.2) is 9.18 Å². The van der Waals surface area contributed by atoms with Gasteiger partial charge in [-0.3, -0.25) is 0 Å². The van der Waals surface area contributed by atoms with Crippen LogP contribution < -0.4 is 10.6 Å². The number of amides is 1. The van der Waals surface area contributed by atoms with Crippen LogP contribution in [-0.4, -0.2) is 24.3 Å². The molecule has 0 spiro atoms. The zero-order valence-corrected chi connectivity index (χ0v) is 13.7. The van der Waals surface area contributed by atoms with Gasteiger partial charge in [0.1, 0.15) is 11.4 Å². The Morgan fingerprint density at radius 1 is 1.41 bits per heavy atom. The number of ether oxygens (including phenoxy) is 1. The van der Waals surface area contributed by atoms with Gasteiger partial charge in [-0.1, -0.05) is 6.07 Å². The molecule has 5 heteroatoms. The van der Waals surface area contributed by atoms with Crippen molar-refractivity contribution in [1.29, 1.82) is 0 Å². The molecule has 0 saturated carbocycles. The van der Waals surface area contributed by atoms with Gasteiger partial charge in [0.2, 0.25) is 0 Å². The molecule has 22 heavy (non-hydrogen) atoms. The maximum Gasteiger partial charge on any atom is 0.407 e. The largest absolute Gasteiger partial charge is 0.444 e. The van der Waals surface area contributed by atoms with Crippen molar-refractivity contribution < 1.29 is 13.9 Å². The highest BCUT2D eigenvalue weighted by molar-refractivity contribution is 5.68. The Morgan fingerprint density at radius 3 is 2.77 bits per heavy atom. The summed E-state index contributed by atoms with van der Waals surface area (Å²) in [5.41, 5.74) is 1.51. The van der Waals surface area contributed by atoms with Crippen LogP contribution in [0.25, 0.3) is 0 Å². The van der Waals surface area contributed by atoms with Crippen LogP contribution in [0.15, 0.2) is 18.2 Å². The van der Waals surface area contributed by atoms with E-state index in [-0.39, 0.29) is 24.0 Å². The molecule has 1 aliphatic rings. The monoisotopic (exact) mass is 308 g/mol. The Labute approximate surface area is 131 Å². The number of halogens is 1. The zero-order valence-electron chi connectivity index (χ0n) is 13.7. The first kappa shape index (κ1) is 16.7. The molecule has 1 saturated heterocycles. The minimum atomic E-state index is -0.496. The quantitative estimate of drug-likeness (QED) is 0.880. The van der Waals surface area contributed by atoms with Gasteiger partial charge >= 0.3 is 6.09 Å². The number of hydrogen-bond donors (Lipinski definition) is 2. The maximum absolute atomic E-state index is 13.2. The second kappa shape index (κ2) is 6.65. The minimum absolute atomic E-state index is 0.0607. The average Bonchev–Trinajstić information content (AvgIpc) is 2.36. The number of alkyl carbamates (subject to hydrolysis) is 1. The van der Waals surface area contributed by atoms with Gasteiger partial charge in [0.15, 0.2) is 0 Å². The predicted molar refractivity (Wildman–Crippen MR) is 84.3 cm³/mol. The lowest BCUT2D eigenvalue weighted by Gasteiger charge is -2.32. The van der Waals surface area contributed by atoms with E-state index >= 15 is 0 Å². The Bertz CT molecular complexity index is 540. The second-order valence-electron chi connectivity index (χ2n) is 6.88. The van der Waals surface area contributed by atoms with Crippen LogP contribution in [0.3, 0.4) is 0 Å². The molecule has 122 valence electrons. The van der Waals surface area contributed by atoms with E-state index in [0.29, 0.717) is 0 Å². The molecule has 0 aliphatic carbocycles. The fourth-order valence-corrected chi connectivity index (χ4v) is 2.79. The van der Waals surface area contributed by atoms with Crippen LogP contribution in [0.2, 0.25) is 0 Å². The molecule has 2 rings (SSSR count). The number of benzene rings is 1. The summed E-state index contributed by atoms with van der Waals surface area (Å²) in [5, 5.41) is 6.36. The summed E-state index contributed by atoms with van der Waals surface area (Å²) in [5.74, 6) is -0.222. The van der Waals surface area contributed by atoms with E-state index in [4.69, 9.17) is 4.74 Å². The SMILES string of the molecule is Cc1cc(F)ccc1C1CC(NC(=O)OC(C)(C)C)CCN1. The van der Waals surface area contributed by atoms with Crippen LogP contribution in [0.1, 0.15) is 50.8 Å². The Kier molecular flexibility index (Phi) is 5.06. The Morgan fingerprint density at radius 2 is 2.14 bits per heavy atom. The van der Waals surface area contributed by atoms with E-state index in [1.807, 2.05) is 33.8 Å². The van der Waals surface area contributed by atoms with Crippen LogP contribution in [0.5, 0.6) is 0 Å². The van der Waals surface area contributed by atoms with Gasteiger partial charge in [-0.05, 0) is 70.3 Å². The number of nitrogens with one attached hydrogen (secondary N) is 2. The Balaban J connectivity index is 1.98. The zero-order chi connectivity index (χ0) is 16.3. The summed E-state index contributed by atoms with van der Waals surface area (Å²) in [6, 6.07) is 5.02. The van der Waals surface area contributed by atoms with Crippen molar-refractivity contribution in [3.63, 3.8) is 0 Å². The van der Waals surface area contributed by atoms with E-state index in [1.54, 1.807) is 6.07 Å². The van der Waals surface area contributed by atoms with Gasteiger partial charge in [-0.2, -0.15) is 0 Å². The van der Waals surface area contributed by atoms with Crippen molar-refractivity contribution in [2.45, 2.75) is 58.2 Å². The number of carbonyl (C=O) groups is 1. The normalized spacial score (nSPS) is 22.2. The van der Waals surface area contributed by atoms with Crippen LogP contribution in [-0.2, 0) is 4.74 Å². The summed E-state index contributed by atoms with van der Waals surface area (Å²) >= 11 is 0. The third-order valence-electron chi connectivity index (χ3n) is 3.73. The molecule has 2 N–H and O–H groups in total. The maximum atomic E-state index is 13.2. The number of carbonyl (C=O) groups excluding carboxylic acids is 1. The molecular weight excluding hydrogens is 283 g/mol. The van der Waals surface area contributed by atoms with Gasteiger partial charge in [0.25, 0.3) is 0 Å². The molecule has 2 atom stereocenters. The van der Waals surface area contributed by atoms with Crippen molar-refractivity contribution in [3.05, 3.63) is 35.1 Å². The summed E-state index contributed by atoms with van der Waals surface area (Å²) in [7, 11) is 0. The van der Waals surface area contributed by atoms with Crippen molar-refractivity contribution in [2.24, 2.45) is 0 Å². The average molecular weight is 308 g/mol. The molecule has 2 unspecified atom stereocenters. The van der Waals surface area contributed by atoms with Gasteiger partial charge in [0, 0.05) is 12.1 Å². The third-order valence-corrected chi connectivity index (χ3v) is 3.73. The smallest absolute Gasteiger partial charge is 0.407 e. The van der Waals surface area contributed by atoms with Crippen LogP contribution in [0, 0.1) is 12.7 Å². The number of rotatable bonds is 2. The molecule has 1 amide bonds. The molecule has 1 aliphatic heterocycles. The highest BCUT2D eigenvalue weighted by Gasteiger charge is 2.26. The van der Waals surface area contributed by atoms with Crippen molar-refractivity contribution >= 4 is 6.09 Å². The second-order valence-corrected chi connectivity index (χ2v) is 6.88. The summed E-state index contributed by atoms with van der Waals surface area (Å²) in [4.78, 5) is 11.9. The number of piperidine rings is 1. The lowest BCUT2D eigenvalue weighted by molar-refractivity contribution is 0.0490. The van der Waals surface area contributed by atoms with E-state index in [0.717, 1.165) is 30.5 Å². The highest BCUT2D eigenvalue weighted by Crippen LogP contribution is 2.26. The molecule has 0 radical (unpaired) electrons. The summed E-state index contributed by atoms with van der Waals surface area (Å²) in [6.45, 7) is 8.26. The summed E-state index contributed by atoms with van der Waals surface area (Å²) < 4.78 is 18.5. The molecular formula is C17H25FN2O2. The molecule has 0 bridgehead atoms. The van der Waals surface area contributed by atoms with Crippen molar-refractivity contribution in [3.8, 4) is 0 Å². The molecule has 1 aromatic rings. The standard InChI is InChI=1S/C17H25FN2O2/c1-11-9-12(18)5-6-14(11)15-10-13(7-8-19-15)20-16(21)22-17(2,3)4/h5-6,9,13,15,19H,7-8,10H2,1-4H3,(H,20,21). The lowest BCUT2D eigenvalue weighted by Crippen LogP contribution is -2.45. The highest BCUT2D eigenvalue weighted by atomic mass is 19.1. The van der Waals surface area contributed by atoms with Crippen molar-refractivity contribution in [2.75, 3.05) is 6.54 Å². The summed E-state index contributed by atoms with van der Waals surface area (Å²) in [6.07, 6.45) is 1.25. The molecule has 1 heterocycles. The minimum Gasteiger partial charge on any atom is -0.444 e. The fraction of sp³-hybridized carbons (Fsp3) is 0.588. The van der Waals surface area contributed by atoms with Gasteiger partial charge in [-0.15, -0.1) is 0 Å². The first-order chi connectivity index (χ1) is 10.2. The van der Waals surface area contributed by atoms with Gasteiger partial charge < -0.3 is 15.4 Å². The first-order valence-corrected chi connectivity index (χ1v) is 7.73. The van der Waals surface area contributed by atoms with Gasteiger partial charge in [0.05, 0.1) is 0 Å². The topological polar surface area (TPSA) is 50.4 Å². The van der Waals surface area contributed by atoms with E-state index in [1.165, 1.54) is 6.07 Å². The van der Waals surface area contributed by atoms with Crippen molar-refractivity contribution in [1.82, 2.24) is 10.6 Å². The van der Waals surface area contributed by atoms with Crippen LogP contribution >= 0.6 is 0 Å².